The Bertz CT molecular complexity index is 955. The van der Waals surface area contributed by atoms with Crippen molar-refractivity contribution in [1.82, 2.24) is 4.90 Å². The van der Waals surface area contributed by atoms with Crippen molar-refractivity contribution in [3.05, 3.63) is 52.2 Å². The molecule has 0 saturated heterocycles. The number of benzene rings is 2. The normalized spacial score (nSPS) is 11.8. The topological polar surface area (TPSA) is 42.7 Å². The van der Waals surface area contributed by atoms with E-state index < -0.39 is 0 Å². The van der Waals surface area contributed by atoms with E-state index in [1.54, 1.807) is 6.07 Å². The first-order valence-electron chi connectivity index (χ1n) is 9.39. The summed E-state index contributed by atoms with van der Waals surface area (Å²) in [6.07, 6.45) is 0. The van der Waals surface area contributed by atoms with Gasteiger partial charge in [-0.2, -0.15) is 0 Å². The van der Waals surface area contributed by atoms with Crippen LogP contribution in [0.4, 0.5) is 0 Å². The molecule has 0 unspecified atom stereocenters. The minimum absolute atomic E-state index is 0.0124. The molecule has 4 heteroatoms. The van der Waals surface area contributed by atoms with Gasteiger partial charge in [-0.25, -0.2) is 0 Å². The summed E-state index contributed by atoms with van der Waals surface area (Å²) >= 11 is 0. The van der Waals surface area contributed by atoms with Crippen LogP contribution in [0.1, 0.15) is 39.2 Å². The fourth-order valence-electron chi connectivity index (χ4n) is 3.13. The maximum atomic E-state index is 12.8. The SMILES string of the molecule is CCN(CC)CCOc1ccc2c(=O)c3cc(C(C)C)ccc3oc2c1. The third kappa shape index (κ3) is 3.75. The number of nitrogens with zero attached hydrogens (tertiary/aromatic N) is 1. The molecule has 0 aliphatic carbocycles. The summed E-state index contributed by atoms with van der Waals surface area (Å²) in [7, 11) is 0. The molecule has 1 heterocycles. The van der Waals surface area contributed by atoms with E-state index >= 15 is 0 Å². The molecule has 0 atom stereocenters. The molecule has 26 heavy (non-hydrogen) atoms. The van der Waals surface area contributed by atoms with Crippen LogP contribution in [0.25, 0.3) is 21.9 Å². The second-order valence-electron chi connectivity index (χ2n) is 6.87. The molecule has 0 radical (unpaired) electrons. The van der Waals surface area contributed by atoms with Crippen LogP contribution in [0.15, 0.2) is 45.6 Å². The predicted octanol–water partition coefficient (Wildman–Crippen LogP) is 4.79. The molecule has 0 N–H and O–H groups in total. The molecule has 2 aromatic carbocycles. The van der Waals surface area contributed by atoms with Crippen molar-refractivity contribution < 1.29 is 9.15 Å². The van der Waals surface area contributed by atoms with Crippen molar-refractivity contribution in [2.24, 2.45) is 0 Å². The average molecular weight is 353 g/mol. The van der Waals surface area contributed by atoms with E-state index in [1.165, 1.54) is 0 Å². The summed E-state index contributed by atoms with van der Waals surface area (Å²) in [4.78, 5) is 15.2. The molecule has 3 aromatic rings. The van der Waals surface area contributed by atoms with Crippen LogP contribution < -0.4 is 10.2 Å². The fourth-order valence-corrected chi connectivity index (χ4v) is 3.13. The fraction of sp³-hybridized carbons (Fsp3) is 0.409. The van der Waals surface area contributed by atoms with E-state index in [9.17, 15) is 4.79 Å². The van der Waals surface area contributed by atoms with Crippen LogP contribution in [0, 0.1) is 0 Å². The zero-order chi connectivity index (χ0) is 18.7. The van der Waals surface area contributed by atoms with Gasteiger partial charge in [-0.05, 0) is 48.8 Å². The van der Waals surface area contributed by atoms with Gasteiger partial charge in [-0.1, -0.05) is 33.8 Å². The molecule has 0 fully saturated rings. The van der Waals surface area contributed by atoms with E-state index in [4.69, 9.17) is 9.15 Å². The molecule has 0 saturated carbocycles. The highest BCUT2D eigenvalue weighted by atomic mass is 16.5. The molecule has 0 aliphatic rings. The van der Waals surface area contributed by atoms with Gasteiger partial charge in [0.2, 0.25) is 5.43 Å². The van der Waals surface area contributed by atoms with Gasteiger partial charge >= 0.3 is 0 Å². The smallest absolute Gasteiger partial charge is 0.200 e. The Morgan fingerprint density at radius 1 is 1.00 bits per heavy atom. The highest BCUT2D eigenvalue weighted by molar-refractivity contribution is 5.90. The van der Waals surface area contributed by atoms with Crippen LogP contribution in [0.5, 0.6) is 5.75 Å². The Morgan fingerprint density at radius 3 is 2.46 bits per heavy atom. The summed E-state index contributed by atoms with van der Waals surface area (Å²) in [5.41, 5.74) is 2.34. The Kier molecular flexibility index (Phi) is 5.62. The predicted molar refractivity (Wildman–Crippen MR) is 107 cm³/mol. The first kappa shape index (κ1) is 18.5. The summed E-state index contributed by atoms with van der Waals surface area (Å²) < 4.78 is 11.8. The highest BCUT2D eigenvalue weighted by Crippen LogP contribution is 2.25. The van der Waals surface area contributed by atoms with E-state index in [-0.39, 0.29) is 5.43 Å². The maximum Gasteiger partial charge on any atom is 0.200 e. The van der Waals surface area contributed by atoms with Crippen LogP contribution >= 0.6 is 0 Å². The quantitative estimate of drug-likeness (QED) is 0.573. The van der Waals surface area contributed by atoms with Gasteiger partial charge < -0.3 is 14.1 Å². The lowest BCUT2D eigenvalue weighted by atomic mass is 10.0. The number of fused-ring (bicyclic) bond motifs is 2. The van der Waals surface area contributed by atoms with Crippen molar-refractivity contribution in [2.45, 2.75) is 33.6 Å². The molecule has 138 valence electrons. The van der Waals surface area contributed by atoms with Gasteiger partial charge in [0, 0.05) is 12.6 Å². The number of hydrogen-bond acceptors (Lipinski definition) is 4. The van der Waals surface area contributed by atoms with Crippen LogP contribution in [0.2, 0.25) is 0 Å². The van der Waals surface area contributed by atoms with Crippen molar-refractivity contribution in [3.8, 4) is 5.75 Å². The van der Waals surface area contributed by atoms with Crippen molar-refractivity contribution in [2.75, 3.05) is 26.2 Å². The summed E-state index contributed by atoms with van der Waals surface area (Å²) in [5.74, 6) is 1.10. The zero-order valence-electron chi connectivity index (χ0n) is 16.0. The molecular formula is C22H27NO3. The summed E-state index contributed by atoms with van der Waals surface area (Å²) in [6.45, 7) is 12.0. The molecule has 0 bridgehead atoms. The maximum absolute atomic E-state index is 12.8. The van der Waals surface area contributed by atoms with Crippen molar-refractivity contribution >= 4 is 21.9 Å². The van der Waals surface area contributed by atoms with E-state index in [0.29, 0.717) is 34.5 Å². The summed E-state index contributed by atoms with van der Waals surface area (Å²) in [5, 5.41) is 1.23. The third-order valence-electron chi connectivity index (χ3n) is 4.90. The summed E-state index contributed by atoms with van der Waals surface area (Å²) in [6, 6.07) is 11.3. The van der Waals surface area contributed by atoms with Gasteiger partial charge in [0.1, 0.15) is 23.5 Å². The lowest BCUT2D eigenvalue weighted by Gasteiger charge is -2.18. The average Bonchev–Trinajstić information content (AvgIpc) is 2.65. The molecule has 1 aromatic heterocycles. The van der Waals surface area contributed by atoms with E-state index in [0.717, 1.165) is 30.9 Å². The van der Waals surface area contributed by atoms with Gasteiger partial charge in [0.05, 0.1) is 10.8 Å². The molecule has 0 amide bonds. The van der Waals surface area contributed by atoms with Gasteiger partial charge in [0.25, 0.3) is 0 Å². The molecule has 4 nitrogen and oxygen atoms in total. The minimum atomic E-state index is 0.0124. The Morgan fingerprint density at radius 2 is 1.77 bits per heavy atom. The van der Waals surface area contributed by atoms with Crippen molar-refractivity contribution in [1.29, 1.82) is 0 Å². The zero-order valence-corrected chi connectivity index (χ0v) is 16.0. The lowest BCUT2D eigenvalue weighted by molar-refractivity contribution is 0.223. The highest BCUT2D eigenvalue weighted by Gasteiger charge is 2.11. The van der Waals surface area contributed by atoms with Crippen LogP contribution in [-0.4, -0.2) is 31.1 Å². The van der Waals surface area contributed by atoms with Gasteiger partial charge in [-0.15, -0.1) is 0 Å². The van der Waals surface area contributed by atoms with Crippen LogP contribution in [0.3, 0.4) is 0 Å². The molecule has 0 spiro atoms. The van der Waals surface area contributed by atoms with E-state index in [1.807, 2.05) is 30.3 Å². The largest absolute Gasteiger partial charge is 0.492 e. The van der Waals surface area contributed by atoms with Gasteiger partial charge in [0.15, 0.2) is 0 Å². The first-order valence-corrected chi connectivity index (χ1v) is 9.39. The number of ether oxygens (including phenoxy) is 1. The monoisotopic (exact) mass is 353 g/mol. The standard InChI is InChI=1S/C22H27NO3/c1-5-23(6-2)11-12-25-17-8-9-18-21(14-17)26-20-10-7-16(15(3)4)13-19(20)22(18)24/h7-10,13-15H,5-6,11-12H2,1-4H3. The van der Waals surface area contributed by atoms with Crippen LogP contribution in [-0.2, 0) is 0 Å². The Labute approximate surface area is 154 Å². The second-order valence-corrected chi connectivity index (χ2v) is 6.87. The Balaban J connectivity index is 1.91. The lowest BCUT2D eigenvalue weighted by Crippen LogP contribution is -2.27. The number of rotatable bonds is 7. The minimum Gasteiger partial charge on any atom is -0.492 e. The second kappa shape index (κ2) is 7.92. The number of hydrogen-bond donors (Lipinski definition) is 0. The third-order valence-corrected chi connectivity index (χ3v) is 4.90. The van der Waals surface area contributed by atoms with Crippen molar-refractivity contribution in [3.63, 3.8) is 0 Å². The molecular weight excluding hydrogens is 326 g/mol. The molecule has 0 aliphatic heterocycles. The van der Waals surface area contributed by atoms with Gasteiger partial charge in [-0.3, -0.25) is 4.79 Å². The molecule has 3 rings (SSSR count). The number of likely N-dealkylation sites (N-methyl/N-ethyl adjacent to an activating group) is 1. The first-order chi connectivity index (χ1) is 12.5. The van der Waals surface area contributed by atoms with E-state index in [2.05, 4.69) is 32.6 Å². The Hall–Kier alpha value is -2.33.